The van der Waals surface area contributed by atoms with Crippen molar-refractivity contribution in [1.29, 1.82) is 0 Å². The first-order valence-corrected chi connectivity index (χ1v) is 6.83. The molecular weight excluding hydrogens is 280 g/mol. The first-order chi connectivity index (χ1) is 10.8. The van der Waals surface area contributed by atoms with E-state index in [0.717, 1.165) is 11.4 Å². The van der Waals surface area contributed by atoms with Crippen LogP contribution in [0.15, 0.2) is 49.1 Å². The van der Waals surface area contributed by atoms with E-state index < -0.39 is 0 Å². The Bertz CT molecular complexity index is 741. The van der Waals surface area contributed by atoms with Gasteiger partial charge >= 0.3 is 0 Å². The molecule has 0 atom stereocenters. The molecule has 3 rings (SSSR count). The fraction of sp³-hybridized carbons (Fsp3) is 0.133. The van der Waals surface area contributed by atoms with Gasteiger partial charge in [0, 0.05) is 48.9 Å². The van der Waals surface area contributed by atoms with E-state index in [-0.39, 0.29) is 5.91 Å². The van der Waals surface area contributed by atoms with E-state index in [1.54, 1.807) is 36.9 Å². The second-order valence-electron chi connectivity index (χ2n) is 4.58. The summed E-state index contributed by atoms with van der Waals surface area (Å²) in [6.45, 7) is 0.478. The SMILES string of the molecule is O=C(NCCc1nc(-c2ccncc2)n[nH]1)c1ccncc1. The van der Waals surface area contributed by atoms with E-state index in [1.807, 2.05) is 12.1 Å². The fourth-order valence-electron chi connectivity index (χ4n) is 1.94. The third-order valence-corrected chi connectivity index (χ3v) is 3.06. The molecule has 2 N–H and O–H groups in total. The minimum atomic E-state index is -0.128. The lowest BCUT2D eigenvalue weighted by Gasteiger charge is -2.03. The van der Waals surface area contributed by atoms with Crippen LogP contribution in [0.1, 0.15) is 16.2 Å². The van der Waals surface area contributed by atoms with Crippen LogP contribution in [-0.4, -0.2) is 37.6 Å². The van der Waals surface area contributed by atoms with Crippen LogP contribution in [0, 0.1) is 0 Å². The molecule has 0 radical (unpaired) electrons. The van der Waals surface area contributed by atoms with Gasteiger partial charge < -0.3 is 5.32 Å². The Kier molecular flexibility index (Phi) is 4.15. The smallest absolute Gasteiger partial charge is 0.251 e. The summed E-state index contributed by atoms with van der Waals surface area (Å²) in [4.78, 5) is 24.1. The third kappa shape index (κ3) is 3.32. The molecule has 0 aliphatic heterocycles. The Labute approximate surface area is 126 Å². The summed E-state index contributed by atoms with van der Waals surface area (Å²) in [5, 5.41) is 9.86. The van der Waals surface area contributed by atoms with Crippen molar-refractivity contribution >= 4 is 5.91 Å². The monoisotopic (exact) mass is 294 g/mol. The normalized spacial score (nSPS) is 10.4. The largest absolute Gasteiger partial charge is 0.352 e. The predicted octanol–water partition coefficient (Wildman–Crippen LogP) is 1.23. The molecule has 0 bridgehead atoms. The standard InChI is InChI=1S/C15H14N6O/c22-15(12-3-8-17-9-4-12)18-10-5-13-19-14(21-20-13)11-1-6-16-7-2-11/h1-4,6-9H,5,10H2,(H,18,22)(H,19,20,21). The molecule has 0 spiro atoms. The Morgan fingerprint density at radius 1 is 1.05 bits per heavy atom. The van der Waals surface area contributed by atoms with Gasteiger partial charge in [0.25, 0.3) is 5.91 Å². The summed E-state index contributed by atoms with van der Waals surface area (Å²) in [7, 11) is 0. The fourth-order valence-corrected chi connectivity index (χ4v) is 1.94. The molecule has 1 amide bonds. The molecule has 0 aromatic carbocycles. The molecule has 3 aromatic rings. The number of carbonyl (C=O) groups excluding carboxylic acids is 1. The van der Waals surface area contributed by atoms with Gasteiger partial charge in [-0.2, -0.15) is 5.10 Å². The van der Waals surface area contributed by atoms with Crippen LogP contribution in [0.5, 0.6) is 0 Å². The van der Waals surface area contributed by atoms with Crippen LogP contribution in [0.2, 0.25) is 0 Å². The lowest BCUT2D eigenvalue weighted by atomic mass is 10.2. The van der Waals surface area contributed by atoms with Gasteiger partial charge in [-0.3, -0.25) is 19.9 Å². The van der Waals surface area contributed by atoms with Crippen molar-refractivity contribution in [2.75, 3.05) is 6.54 Å². The van der Waals surface area contributed by atoms with Crippen molar-refractivity contribution in [3.05, 3.63) is 60.4 Å². The Balaban J connectivity index is 1.55. The maximum absolute atomic E-state index is 11.9. The molecule has 22 heavy (non-hydrogen) atoms. The van der Waals surface area contributed by atoms with Gasteiger partial charge in [-0.15, -0.1) is 0 Å². The van der Waals surface area contributed by atoms with Gasteiger partial charge in [0.1, 0.15) is 5.82 Å². The van der Waals surface area contributed by atoms with Crippen molar-refractivity contribution in [2.24, 2.45) is 0 Å². The summed E-state index contributed by atoms with van der Waals surface area (Å²) in [6.07, 6.45) is 7.15. The molecule has 7 heteroatoms. The highest BCUT2D eigenvalue weighted by Crippen LogP contribution is 2.12. The van der Waals surface area contributed by atoms with Crippen molar-refractivity contribution in [2.45, 2.75) is 6.42 Å². The number of H-pyrrole nitrogens is 1. The molecule has 0 saturated carbocycles. The number of amides is 1. The van der Waals surface area contributed by atoms with E-state index >= 15 is 0 Å². The van der Waals surface area contributed by atoms with E-state index in [9.17, 15) is 4.79 Å². The van der Waals surface area contributed by atoms with Crippen LogP contribution in [-0.2, 0) is 6.42 Å². The van der Waals surface area contributed by atoms with Crippen molar-refractivity contribution in [3.8, 4) is 11.4 Å². The molecule has 0 aliphatic carbocycles. The molecule has 3 heterocycles. The lowest BCUT2D eigenvalue weighted by Crippen LogP contribution is -2.25. The number of nitrogens with one attached hydrogen (secondary N) is 2. The first-order valence-electron chi connectivity index (χ1n) is 6.83. The maximum Gasteiger partial charge on any atom is 0.251 e. The minimum Gasteiger partial charge on any atom is -0.352 e. The molecular formula is C15H14N6O. The van der Waals surface area contributed by atoms with Gasteiger partial charge in [-0.05, 0) is 24.3 Å². The van der Waals surface area contributed by atoms with Crippen molar-refractivity contribution < 1.29 is 4.79 Å². The van der Waals surface area contributed by atoms with Gasteiger partial charge in [-0.1, -0.05) is 0 Å². The third-order valence-electron chi connectivity index (χ3n) is 3.06. The van der Waals surface area contributed by atoms with E-state index in [0.29, 0.717) is 24.4 Å². The number of aromatic amines is 1. The number of hydrogen-bond acceptors (Lipinski definition) is 5. The van der Waals surface area contributed by atoms with Crippen molar-refractivity contribution in [1.82, 2.24) is 30.5 Å². The van der Waals surface area contributed by atoms with Gasteiger partial charge in [0.2, 0.25) is 0 Å². The zero-order valence-electron chi connectivity index (χ0n) is 11.7. The number of aromatic nitrogens is 5. The van der Waals surface area contributed by atoms with Crippen LogP contribution in [0.25, 0.3) is 11.4 Å². The summed E-state index contributed by atoms with van der Waals surface area (Å²) in [5.74, 6) is 1.22. The average Bonchev–Trinajstić information content (AvgIpc) is 3.05. The second-order valence-corrected chi connectivity index (χ2v) is 4.58. The summed E-state index contributed by atoms with van der Waals surface area (Å²) < 4.78 is 0. The Hall–Kier alpha value is -3.09. The number of rotatable bonds is 5. The Morgan fingerprint density at radius 3 is 2.45 bits per heavy atom. The highest BCUT2D eigenvalue weighted by molar-refractivity contribution is 5.93. The zero-order chi connectivity index (χ0) is 15.2. The average molecular weight is 294 g/mol. The second kappa shape index (κ2) is 6.57. The highest BCUT2D eigenvalue weighted by atomic mass is 16.1. The van der Waals surface area contributed by atoms with Crippen LogP contribution in [0.4, 0.5) is 0 Å². The molecule has 7 nitrogen and oxygen atoms in total. The number of hydrogen-bond donors (Lipinski definition) is 2. The molecule has 110 valence electrons. The number of carbonyl (C=O) groups is 1. The van der Waals surface area contributed by atoms with E-state index in [1.165, 1.54) is 0 Å². The summed E-state index contributed by atoms with van der Waals surface area (Å²) >= 11 is 0. The zero-order valence-corrected chi connectivity index (χ0v) is 11.7. The number of pyridine rings is 2. The van der Waals surface area contributed by atoms with Gasteiger partial charge in [0.05, 0.1) is 0 Å². The molecule has 0 saturated heterocycles. The summed E-state index contributed by atoms with van der Waals surface area (Å²) in [5.41, 5.74) is 1.49. The molecule has 0 aliphatic rings. The van der Waals surface area contributed by atoms with Gasteiger partial charge in [-0.25, -0.2) is 4.98 Å². The maximum atomic E-state index is 11.9. The molecule has 0 fully saturated rings. The van der Waals surface area contributed by atoms with Crippen LogP contribution < -0.4 is 5.32 Å². The first kappa shape index (κ1) is 13.9. The topological polar surface area (TPSA) is 96.5 Å². The van der Waals surface area contributed by atoms with Crippen LogP contribution in [0.3, 0.4) is 0 Å². The highest BCUT2D eigenvalue weighted by Gasteiger charge is 2.07. The van der Waals surface area contributed by atoms with Crippen molar-refractivity contribution in [3.63, 3.8) is 0 Å². The summed E-state index contributed by atoms with van der Waals surface area (Å²) in [6, 6.07) is 7.03. The quantitative estimate of drug-likeness (QED) is 0.738. The lowest BCUT2D eigenvalue weighted by molar-refractivity contribution is 0.0954. The predicted molar refractivity (Wildman–Crippen MR) is 79.9 cm³/mol. The Morgan fingerprint density at radius 2 is 1.73 bits per heavy atom. The van der Waals surface area contributed by atoms with Gasteiger partial charge in [0.15, 0.2) is 5.82 Å². The minimum absolute atomic E-state index is 0.128. The van der Waals surface area contributed by atoms with E-state index in [2.05, 4.69) is 30.5 Å². The number of nitrogens with zero attached hydrogens (tertiary/aromatic N) is 4. The molecule has 0 unspecified atom stereocenters. The molecule has 3 aromatic heterocycles. The van der Waals surface area contributed by atoms with E-state index in [4.69, 9.17) is 0 Å². The van der Waals surface area contributed by atoms with Crippen LogP contribution >= 0.6 is 0 Å².